The van der Waals surface area contributed by atoms with Gasteiger partial charge in [0.2, 0.25) is 0 Å². The number of aromatic carboxylic acids is 1. The van der Waals surface area contributed by atoms with Crippen molar-refractivity contribution in [2.75, 3.05) is 24.6 Å². The molecule has 110 valence electrons. The second-order valence-electron chi connectivity index (χ2n) is 4.36. The molecule has 1 aromatic rings. The first kappa shape index (κ1) is 15.9. The van der Waals surface area contributed by atoms with E-state index in [1.54, 1.807) is 6.92 Å². The van der Waals surface area contributed by atoms with Gasteiger partial charge in [-0.2, -0.15) is 0 Å². The van der Waals surface area contributed by atoms with E-state index in [1.165, 1.54) is 6.07 Å². The van der Waals surface area contributed by atoms with Crippen molar-refractivity contribution in [2.24, 2.45) is 0 Å². The average Bonchev–Trinajstić information content (AvgIpc) is 2.40. The number of rotatable bonds is 7. The topological polar surface area (TPSA) is 104 Å². The Morgan fingerprint density at radius 3 is 2.55 bits per heavy atom. The minimum atomic E-state index is -1.20. The minimum absolute atomic E-state index is 0.0102. The summed E-state index contributed by atoms with van der Waals surface area (Å²) in [5, 5.41) is 29.0. The van der Waals surface area contributed by atoms with Crippen molar-refractivity contribution < 1.29 is 19.9 Å². The lowest BCUT2D eigenvalue weighted by Gasteiger charge is -2.24. The van der Waals surface area contributed by atoms with E-state index < -0.39 is 10.9 Å². The maximum absolute atomic E-state index is 11.1. The molecule has 0 bridgehead atoms. The van der Waals surface area contributed by atoms with Gasteiger partial charge in [0.1, 0.15) is 0 Å². The molecular formula is C13H18N2O5. The fraction of sp³-hybridized carbons (Fsp3) is 0.462. The molecule has 0 fully saturated rings. The summed E-state index contributed by atoms with van der Waals surface area (Å²) in [6.45, 7) is 4.56. The van der Waals surface area contributed by atoms with Crippen molar-refractivity contribution >= 4 is 17.3 Å². The highest BCUT2D eigenvalue weighted by Crippen LogP contribution is 2.30. The van der Waals surface area contributed by atoms with E-state index in [1.807, 2.05) is 11.8 Å². The number of hydrogen-bond donors (Lipinski definition) is 2. The van der Waals surface area contributed by atoms with E-state index in [9.17, 15) is 14.9 Å². The summed E-state index contributed by atoms with van der Waals surface area (Å²) >= 11 is 0. The number of carboxylic acids is 1. The molecule has 7 nitrogen and oxygen atoms in total. The molecular weight excluding hydrogens is 264 g/mol. The summed E-state index contributed by atoms with van der Waals surface area (Å²) in [5.41, 5.74) is 0.634. The number of carbonyl (C=O) groups is 1. The number of hydrogen-bond acceptors (Lipinski definition) is 5. The monoisotopic (exact) mass is 282 g/mol. The first-order valence-corrected chi connectivity index (χ1v) is 6.30. The van der Waals surface area contributed by atoms with Gasteiger partial charge in [-0.25, -0.2) is 4.79 Å². The summed E-state index contributed by atoms with van der Waals surface area (Å²) < 4.78 is 0. The fourth-order valence-corrected chi connectivity index (χ4v) is 2.04. The zero-order chi connectivity index (χ0) is 15.3. The quantitative estimate of drug-likeness (QED) is 0.584. The van der Waals surface area contributed by atoms with Crippen LogP contribution in [-0.2, 0) is 0 Å². The number of nitro groups is 1. The third-order valence-corrected chi connectivity index (χ3v) is 3.11. The smallest absolute Gasteiger partial charge is 0.336 e. The van der Waals surface area contributed by atoms with Gasteiger partial charge in [-0.15, -0.1) is 0 Å². The predicted octanol–water partition coefficient (Wildman–Crippen LogP) is 1.81. The van der Waals surface area contributed by atoms with Crippen LogP contribution in [0, 0.1) is 17.0 Å². The summed E-state index contributed by atoms with van der Waals surface area (Å²) in [7, 11) is 0. The lowest BCUT2D eigenvalue weighted by Crippen LogP contribution is -2.26. The Hall–Kier alpha value is -2.15. The van der Waals surface area contributed by atoms with Gasteiger partial charge in [0.05, 0.1) is 16.1 Å². The predicted molar refractivity (Wildman–Crippen MR) is 74.4 cm³/mol. The Bertz CT molecular complexity index is 516. The van der Waals surface area contributed by atoms with E-state index >= 15 is 0 Å². The highest BCUT2D eigenvalue weighted by molar-refractivity contribution is 5.90. The molecule has 0 heterocycles. The Labute approximate surface area is 116 Å². The first-order valence-electron chi connectivity index (χ1n) is 6.30. The molecule has 1 aromatic carbocycles. The second kappa shape index (κ2) is 6.85. The van der Waals surface area contributed by atoms with E-state index in [0.29, 0.717) is 30.8 Å². The summed E-state index contributed by atoms with van der Waals surface area (Å²) in [6.07, 6.45) is 0.512. The van der Waals surface area contributed by atoms with Crippen LogP contribution >= 0.6 is 0 Å². The number of nitro benzene ring substituents is 1. The van der Waals surface area contributed by atoms with E-state index in [-0.39, 0.29) is 17.9 Å². The van der Waals surface area contributed by atoms with Crippen molar-refractivity contribution in [3.63, 3.8) is 0 Å². The van der Waals surface area contributed by atoms with Gasteiger partial charge in [0.25, 0.3) is 5.69 Å². The van der Waals surface area contributed by atoms with Crippen molar-refractivity contribution in [1.29, 1.82) is 0 Å². The van der Waals surface area contributed by atoms with Gasteiger partial charge in [-0.05, 0) is 26.3 Å². The fourth-order valence-electron chi connectivity index (χ4n) is 2.04. The van der Waals surface area contributed by atoms with Crippen LogP contribution in [0.25, 0.3) is 0 Å². The number of benzene rings is 1. The average molecular weight is 282 g/mol. The van der Waals surface area contributed by atoms with Crippen molar-refractivity contribution in [2.45, 2.75) is 20.3 Å². The standard InChI is InChI=1S/C13H18N2O5/c1-3-14(5-4-6-16)11-7-10(13(17)18)8-12(9(11)2)15(19)20/h7-8,16H,3-6H2,1-2H3,(H,17,18). The first-order chi connectivity index (χ1) is 9.42. The minimum Gasteiger partial charge on any atom is -0.478 e. The van der Waals surface area contributed by atoms with Crippen molar-refractivity contribution in [1.82, 2.24) is 0 Å². The van der Waals surface area contributed by atoms with Crippen LogP contribution in [0.5, 0.6) is 0 Å². The normalized spacial score (nSPS) is 10.3. The zero-order valence-corrected chi connectivity index (χ0v) is 11.5. The van der Waals surface area contributed by atoms with Crippen LogP contribution < -0.4 is 4.90 Å². The molecule has 0 amide bonds. The third kappa shape index (κ3) is 3.45. The maximum Gasteiger partial charge on any atom is 0.336 e. The second-order valence-corrected chi connectivity index (χ2v) is 4.36. The lowest BCUT2D eigenvalue weighted by molar-refractivity contribution is -0.385. The van der Waals surface area contributed by atoms with E-state index in [4.69, 9.17) is 10.2 Å². The molecule has 7 heteroatoms. The number of aliphatic hydroxyl groups is 1. The molecule has 1 rings (SSSR count). The van der Waals surface area contributed by atoms with Gasteiger partial charge in [0, 0.05) is 31.5 Å². The zero-order valence-electron chi connectivity index (χ0n) is 11.5. The third-order valence-electron chi connectivity index (χ3n) is 3.11. The highest BCUT2D eigenvalue weighted by Gasteiger charge is 2.21. The van der Waals surface area contributed by atoms with Crippen LogP contribution in [0.3, 0.4) is 0 Å². The lowest BCUT2D eigenvalue weighted by atomic mass is 10.1. The molecule has 0 radical (unpaired) electrons. The molecule has 0 aliphatic rings. The molecule has 0 saturated heterocycles. The number of anilines is 1. The summed E-state index contributed by atoms with van der Waals surface area (Å²) in [5.74, 6) is -1.20. The van der Waals surface area contributed by atoms with Crippen LogP contribution in [-0.4, -0.2) is 40.8 Å². The van der Waals surface area contributed by atoms with Crippen LogP contribution in [0.15, 0.2) is 12.1 Å². The van der Waals surface area contributed by atoms with Crippen LogP contribution in [0.1, 0.15) is 29.3 Å². The van der Waals surface area contributed by atoms with Gasteiger partial charge < -0.3 is 15.1 Å². The van der Waals surface area contributed by atoms with Crippen LogP contribution in [0.4, 0.5) is 11.4 Å². The van der Waals surface area contributed by atoms with E-state index in [2.05, 4.69) is 0 Å². The van der Waals surface area contributed by atoms with Gasteiger partial charge in [0.15, 0.2) is 0 Å². The van der Waals surface area contributed by atoms with Crippen LogP contribution in [0.2, 0.25) is 0 Å². The molecule has 0 spiro atoms. The Kier molecular flexibility index (Phi) is 5.45. The number of aliphatic hydroxyl groups excluding tert-OH is 1. The molecule has 2 N–H and O–H groups in total. The SMILES string of the molecule is CCN(CCCO)c1cc(C(=O)O)cc([N+](=O)[O-])c1C. The highest BCUT2D eigenvalue weighted by atomic mass is 16.6. The summed E-state index contributed by atoms with van der Waals surface area (Å²) in [6, 6.07) is 2.51. The molecule has 0 saturated carbocycles. The molecule has 0 atom stereocenters. The van der Waals surface area contributed by atoms with E-state index in [0.717, 1.165) is 6.07 Å². The maximum atomic E-state index is 11.1. The van der Waals surface area contributed by atoms with Crippen molar-refractivity contribution in [3.05, 3.63) is 33.4 Å². The Balaban J connectivity index is 3.35. The molecule has 0 aliphatic carbocycles. The van der Waals surface area contributed by atoms with Gasteiger partial charge in [-0.3, -0.25) is 10.1 Å². The molecule has 20 heavy (non-hydrogen) atoms. The number of carboxylic acid groups (broad SMARTS) is 1. The summed E-state index contributed by atoms with van der Waals surface area (Å²) in [4.78, 5) is 23.4. The Morgan fingerprint density at radius 2 is 2.10 bits per heavy atom. The molecule has 0 aliphatic heterocycles. The largest absolute Gasteiger partial charge is 0.478 e. The van der Waals surface area contributed by atoms with Gasteiger partial charge in [-0.1, -0.05) is 0 Å². The number of nitrogens with zero attached hydrogens (tertiary/aromatic N) is 2. The molecule has 0 aromatic heterocycles. The van der Waals surface area contributed by atoms with Gasteiger partial charge >= 0.3 is 5.97 Å². The van der Waals surface area contributed by atoms with Crippen molar-refractivity contribution in [3.8, 4) is 0 Å². The molecule has 0 unspecified atom stereocenters. The Morgan fingerprint density at radius 1 is 1.45 bits per heavy atom.